The van der Waals surface area contributed by atoms with Crippen LogP contribution >= 0.6 is 0 Å². The van der Waals surface area contributed by atoms with Gasteiger partial charge in [0.15, 0.2) is 0 Å². The number of hydrogen-bond donors (Lipinski definition) is 3. The SMILES string of the molecule is COCC(NC(C)C(=O)NC1CC1)C(=O)O. The zero-order valence-corrected chi connectivity index (χ0v) is 9.53. The minimum atomic E-state index is -1.02. The van der Waals surface area contributed by atoms with Gasteiger partial charge in [0.05, 0.1) is 12.6 Å². The van der Waals surface area contributed by atoms with Gasteiger partial charge in [-0.1, -0.05) is 0 Å². The van der Waals surface area contributed by atoms with Gasteiger partial charge in [-0.25, -0.2) is 0 Å². The predicted molar refractivity (Wildman–Crippen MR) is 57.1 cm³/mol. The van der Waals surface area contributed by atoms with Gasteiger partial charge in [0, 0.05) is 13.2 Å². The molecule has 0 saturated heterocycles. The monoisotopic (exact) mass is 230 g/mol. The summed E-state index contributed by atoms with van der Waals surface area (Å²) in [4.78, 5) is 22.4. The lowest BCUT2D eigenvalue weighted by Crippen LogP contribution is -2.51. The summed E-state index contributed by atoms with van der Waals surface area (Å²) in [5.74, 6) is -1.18. The molecule has 0 heterocycles. The number of rotatable bonds is 7. The normalized spacial score (nSPS) is 18.9. The van der Waals surface area contributed by atoms with Crippen molar-refractivity contribution in [3.63, 3.8) is 0 Å². The molecule has 0 radical (unpaired) electrons. The Bertz CT molecular complexity index is 266. The zero-order valence-electron chi connectivity index (χ0n) is 9.53. The first-order valence-corrected chi connectivity index (χ1v) is 5.32. The zero-order chi connectivity index (χ0) is 12.1. The van der Waals surface area contributed by atoms with E-state index in [0.717, 1.165) is 12.8 Å². The number of carboxylic acids is 1. The van der Waals surface area contributed by atoms with Gasteiger partial charge in [-0.15, -0.1) is 0 Å². The maximum atomic E-state index is 11.5. The molecule has 2 atom stereocenters. The molecule has 0 aromatic carbocycles. The van der Waals surface area contributed by atoms with E-state index in [1.807, 2.05) is 0 Å². The van der Waals surface area contributed by atoms with Crippen LogP contribution in [0.1, 0.15) is 19.8 Å². The maximum absolute atomic E-state index is 11.5. The van der Waals surface area contributed by atoms with E-state index >= 15 is 0 Å². The molecule has 6 heteroatoms. The molecule has 1 saturated carbocycles. The number of carbonyl (C=O) groups is 2. The van der Waals surface area contributed by atoms with Gasteiger partial charge in [0.1, 0.15) is 6.04 Å². The standard InChI is InChI=1S/C10H18N2O4/c1-6(9(13)12-7-3-4-7)11-8(5-16-2)10(14)15/h6-8,11H,3-5H2,1-2H3,(H,12,13)(H,14,15). The Balaban J connectivity index is 2.36. The highest BCUT2D eigenvalue weighted by molar-refractivity contribution is 5.83. The van der Waals surface area contributed by atoms with Crippen molar-refractivity contribution in [3.8, 4) is 0 Å². The Kier molecular flexibility index (Phi) is 4.70. The predicted octanol–water partition coefficient (Wildman–Crippen LogP) is -0.657. The molecule has 2 unspecified atom stereocenters. The Hall–Kier alpha value is -1.14. The molecular weight excluding hydrogens is 212 g/mol. The van der Waals surface area contributed by atoms with Crippen LogP contribution in [0.5, 0.6) is 0 Å². The molecule has 3 N–H and O–H groups in total. The van der Waals surface area contributed by atoms with E-state index in [2.05, 4.69) is 10.6 Å². The molecule has 92 valence electrons. The summed E-state index contributed by atoms with van der Waals surface area (Å²) in [5.41, 5.74) is 0. The van der Waals surface area contributed by atoms with Crippen molar-refractivity contribution in [2.24, 2.45) is 0 Å². The summed E-state index contributed by atoms with van der Waals surface area (Å²) in [6, 6.07) is -1.11. The van der Waals surface area contributed by atoms with Crippen molar-refractivity contribution in [1.82, 2.24) is 10.6 Å². The number of nitrogens with one attached hydrogen (secondary N) is 2. The molecule has 0 bridgehead atoms. The van der Waals surface area contributed by atoms with Crippen LogP contribution in [0.15, 0.2) is 0 Å². The highest BCUT2D eigenvalue weighted by atomic mass is 16.5. The molecule has 0 spiro atoms. The van der Waals surface area contributed by atoms with Crippen molar-refractivity contribution < 1.29 is 19.4 Å². The van der Waals surface area contributed by atoms with Gasteiger partial charge in [0.2, 0.25) is 5.91 Å². The number of amides is 1. The lowest BCUT2D eigenvalue weighted by atomic mass is 10.2. The van der Waals surface area contributed by atoms with Gasteiger partial charge < -0.3 is 15.2 Å². The third kappa shape index (κ3) is 4.16. The summed E-state index contributed by atoms with van der Waals surface area (Å²) in [7, 11) is 1.42. The number of aliphatic carboxylic acids is 1. The van der Waals surface area contributed by atoms with E-state index < -0.39 is 18.1 Å². The van der Waals surface area contributed by atoms with Gasteiger partial charge in [-0.2, -0.15) is 0 Å². The second kappa shape index (κ2) is 5.81. The summed E-state index contributed by atoms with van der Waals surface area (Å²) in [6.45, 7) is 1.68. The maximum Gasteiger partial charge on any atom is 0.323 e. The van der Waals surface area contributed by atoms with Crippen molar-refractivity contribution in [2.45, 2.75) is 37.9 Å². The van der Waals surface area contributed by atoms with Gasteiger partial charge in [0.25, 0.3) is 0 Å². The second-order valence-corrected chi connectivity index (χ2v) is 4.02. The Morgan fingerprint density at radius 3 is 2.56 bits per heavy atom. The lowest BCUT2D eigenvalue weighted by Gasteiger charge is -2.19. The van der Waals surface area contributed by atoms with Crippen LogP contribution in [-0.4, -0.2) is 48.8 Å². The topological polar surface area (TPSA) is 87.7 Å². The second-order valence-electron chi connectivity index (χ2n) is 4.02. The Labute approximate surface area is 94.3 Å². The third-order valence-electron chi connectivity index (χ3n) is 2.40. The molecule has 0 aromatic heterocycles. The molecule has 6 nitrogen and oxygen atoms in total. The van der Waals surface area contributed by atoms with Gasteiger partial charge >= 0.3 is 5.97 Å². The fraction of sp³-hybridized carbons (Fsp3) is 0.800. The number of methoxy groups -OCH3 is 1. The van der Waals surface area contributed by atoms with Crippen LogP contribution in [0.25, 0.3) is 0 Å². The van der Waals surface area contributed by atoms with Crippen molar-refractivity contribution in [3.05, 3.63) is 0 Å². The highest BCUT2D eigenvalue weighted by Gasteiger charge is 2.28. The molecule has 0 aromatic rings. The van der Waals surface area contributed by atoms with Crippen molar-refractivity contribution in [2.75, 3.05) is 13.7 Å². The molecule has 16 heavy (non-hydrogen) atoms. The first kappa shape index (κ1) is 12.9. The minimum absolute atomic E-state index is 0.0381. The molecule has 1 aliphatic carbocycles. The molecular formula is C10H18N2O4. The average Bonchev–Trinajstić information content (AvgIpc) is 3.00. The third-order valence-corrected chi connectivity index (χ3v) is 2.40. The number of carbonyl (C=O) groups excluding carboxylic acids is 1. The number of hydrogen-bond acceptors (Lipinski definition) is 4. The van der Waals surface area contributed by atoms with E-state index in [0.29, 0.717) is 0 Å². The quantitative estimate of drug-likeness (QED) is 0.540. The van der Waals surface area contributed by atoms with E-state index in [-0.39, 0.29) is 18.6 Å². The van der Waals surface area contributed by atoms with Crippen LogP contribution in [0, 0.1) is 0 Å². The fourth-order valence-corrected chi connectivity index (χ4v) is 1.29. The minimum Gasteiger partial charge on any atom is -0.480 e. The lowest BCUT2D eigenvalue weighted by molar-refractivity contribution is -0.141. The smallest absolute Gasteiger partial charge is 0.323 e. The molecule has 1 rings (SSSR count). The van der Waals surface area contributed by atoms with Gasteiger partial charge in [-0.05, 0) is 19.8 Å². The molecule has 0 aliphatic heterocycles. The van der Waals surface area contributed by atoms with Gasteiger partial charge in [-0.3, -0.25) is 14.9 Å². The van der Waals surface area contributed by atoms with Crippen LogP contribution in [0.4, 0.5) is 0 Å². The average molecular weight is 230 g/mol. The van der Waals surface area contributed by atoms with Crippen molar-refractivity contribution >= 4 is 11.9 Å². The number of ether oxygens (including phenoxy) is 1. The van der Waals surface area contributed by atoms with E-state index in [1.165, 1.54) is 7.11 Å². The van der Waals surface area contributed by atoms with Crippen LogP contribution in [-0.2, 0) is 14.3 Å². The van der Waals surface area contributed by atoms with E-state index in [9.17, 15) is 9.59 Å². The van der Waals surface area contributed by atoms with Crippen LogP contribution < -0.4 is 10.6 Å². The van der Waals surface area contributed by atoms with E-state index in [4.69, 9.17) is 9.84 Å². The first-order chi connectivity index (χ1) is 7.54. The summed E-state index contributed by atoms with van der Waals surface area (Å²) in [5, 5.41) is 14.4. The Morgan fingerprint density at radius 1 is 1.50 bits per heavy atom. The highest BCUT2D eigenvalue weighted by Crippen LogP contribution is 2.18. The Morgan fingerprint density at radius 2 is 2.12 bits per heavy atom. The molecule has 1 fully saturated rings. The summed E-state index contributed by atoms with van der Waals surface area (Å²) in [6.07, 6.45) is 2.03. The van der Waals surface area contributed by atoms with E-state index in [1.54, 1.807) is 6.92 Å². The fourth-order valence-electron chi connectivity index (χ4n) is 1.29. The summed E-state index contributed by atoms with van der Waals surface area (Å²) >= 11 is 0. The molecule has 1 amide bonds. The van der Waals surface area contributed by atoms with Crippen LogP contribution in [0.2, 0.25) is 0 Å². The summed E-state index contributed by atoms with van der Waals surface area (Å²) < 4.78 is 4.76. The first-order valence-electron chi connectivity index (χ1n) is 5.32. The molecule has 1 aliphatic rings. The van der Waals surface area contributed by atoms with Crippen molar-refractivity contribution in [1.29, 1.82) is 0 Å². The number of carboxylic acid groups (broad SMARTS) is 1. The van der Waals surface area contributed by atoms with Crippen LogP contribution in [0.3, 0.4) is 0 Å². The largest absolute Gasteiger partial charge is 0.480 e.